The number of benzene rings is 2. The van der Waals surface area contributed by atoms with E-state index in [4.69, 9.17) is 9.15 Å². The average Bonchev–Trinajstić information content (AvgIpc) is 3.58. The molecule has 5 rings (SSSR count). The normalized spacial score (nSPS) is 15.8. The minimum atomic E-state index is -0.884. The van der Waals surface area contributed by atoms with Crippen LogP contribution in [0.2, 0.25) is 0 Å². The molecule has 3 heterocycles. The van der Waals surface area contributed by atoms with Gasteiger partial charge in [-0.05, 0) is 42.0 Å². The average molecular weight is 532 g/mol. The molecule has 1 unspecified atom stereocenters. The highest BCUT2D eigenvalue weighted by molar-refractivity contribution is 8.14. The fraction of sp³-hybridized carbons (Fsp3) is 0.222. The molecule has 0 aliphatic carbocycles. The molecule has 0 saturated carbocycles. The Morgan fingerprint density at radius 1 is 1.03 bits per heavy atom. The first-order valence-electron chi connectivity index (χ1n) is 11.9. The second kappa shape index (κ2) is 11.3. The molecule has 1 aromatic heterocycles. The van der Waals surface area contributed by atoms with Crippen molar-refractivity contribution in [1.29, 1.82) is 0 Å². The lowest BCUT2D eigenvalue weighted by Crippen LogP contribution is -2.42. The van der Waals surface area contributed by atoms with E-state index in [-0.39, 0.29) is 36.4 Å². The summed E-state index contributed by atoms with van der Waals surface area (Å²) in [6.07, 6.45) is 1.44. The number of thioether (sulfide) groups is 1. The number of hydrogen-bond acceptors (Lipinski definition) is 8. The van der Waals surface area contributed by atoms with Crippen LogP contribution < -0.4 is 15.4 Å². The molecule has 2 aliphatic heterocycles. The summed E-state index contributed by atoms with van der Waals surface area (Å²) in [5.74, 6) is 0.988. The van der Waals surface area contributed by atoms with Crippen LogP contribution in [0.3, 0.4) is 0 Å². The topological polar surface area (TPSA) is 126 Å². The van der Waals surface area contributed by atoms with Gasteiger partial charge in [-0.2, -0.15) is 0 Å². The molecule has 0 bridgehead atoms. The minimum Gasteiger partial charge on any atom is -0.497 e. The molecule has 2 N–H and O–H groups in total. The minimum absolute atomic E-state index is 0.0474. The quantitative estimate of drug-likeness (QED) is 0.437. The Hall–Kier alpha value is -4.38. The van der Waals surface area contributed by atoms with E-state index in [2.05, 4.69) is 20.6 Å². The summed E-state index contributed by atoms with van der Waals surface area (Å²) in [5.41, 5.74) is 2.26. The van der Waals surface area contributed by atoms with E-state index in [0.717, 1.165) is 23.1 Å². The molecule has 0 radical (unpaired) electrons. The zero-order valence-corrected chi connectivity index (χ0v) is 21.4. The molecule has 10 nitrogen and oxygen atoms in total. The molecule has 2 aliphatic rings. The summed E-state index contributed by atoms with van der Waals surface area (Å²) in [6.45, 7) is 0.591. The zero-order valence-electron chi connectivity index (χ0n) is 20.5. The van der Waals surface area contributed by atoms with Crippen LogP contribution >= 0.6 is 11.8 Å². The Bertz CT molecular complexity index is 1400. The van der Waals surface area contributed by atoms with E-state index in [1.807, 2.05) is 48.5 Å². The van der Waals surface area contributed by atoms with Gasteiger partial charge in [0.1, 0.15) is 23.4 Å². The fourth-order valence-corrected chi connectivity index (χ4v) is 4.83. The van der Waals surface area contributed by atoms with Gasteiger partial charge >= 0.3 is 0 Å². The van der Waals surface area contributed by atoms with Gasteiger partial charge < -0.3 is 19.8 Å². The molecule has 2 aromatic carbocycles. The molecule has 0 fully saturated rings. The van der Waals surface area contributed by atoms with Crippen molar-refractivity contribution >= 4 is 46.2 Å². The number of amidine groups is 2. The SMILES string of the molecule is COc1ccc(CNC(=O)CC2N=C3c4ccccc4N=C(SCC(=O)NCc4ccco4)N3C2=O)cc1. The van der Waals surface area contributed by atoms with Crippen molar-refractivity contribution in [2.75, 3.05) is 12.9 Å². The summed E-state index contributed by atoms with van der Waals surface area (Å²) in [4.78, 5) is 49.1. The van der Waals surface area contributed by atoms with Crippen molar-refractivity contribution in [3.63, 3.8) is 0 Å². The number of fused-ring (bicyclic) bond motifs is 3. The second-order valence-electron chi connectivity index (χ2n) is 8.53. The van der Waals surface area contributed by atoms with Gasteiger partial charge in [-0.3, -0.25) is 19.4 Å². The van der Waals surface area contributed by atoms with Gasteiger partial charge in [0.05, 0.1) is 37.8 Å². The first kappa shape index (κ1) is 25.3. The van der Waals surface area contributed by atoms with Gasteiger partial charge in [0, 0.05) is 12.1 Å². The maximum absolute atomic E-state index is 13.4. The largest absolute Gasteiger partial charge is 0.497 e. The van der Waals surface area contributed by atoms with Crippen LogP contribution in [-0.4, -0.2) is 52.5 Å². The lowest BCUT2D eigenvalue weighted by atomic mass is 10.1. The van der Waals surface area contributed by atoms with Crippen LogP contribution in [0.5, 0.6) is 5.75 Å². The second-order valence-corrected chi connectivity index (χ2v) is 9.47. The molecular weight excluding hydrogens is 506 g/mol. The Balaban J connectivity index is 1.24. The third-order valence-electron chi connectivity index (χ3n) is 5.95. The standard InChI is InChI=1S/C27H25N5O5S/c1-36-18-10-8-17(9-11-18)14-28-23(33)13-22-26(35)32-25(30-22)20-6-2-3-7-21(20)31-27(32)38-16-24(34)29-15-19-5-4-12-37-19/h2-12,22H,13-16H2,1H3,(H,28,33)(H,29,34). The fourth-order valence-electron chi connectivity index (χ4n) is 4.00. The Kier molecular flexibility index (Phi) is 7.55. The summed E-state index contributed by atoms with van der Waals surface area (Å²) < 4.78 is 10.4. The highest BCUT2D eigenvalue weighted by Gasteiger charge is 2.42. The first-order chi connectivity index (χ1) is 18.5. The van der Waals surface area contributed by atoms with Crippen molar-refractivity contribution in [3.8, 4) is 5.75 Å². The van der Waals surface area contributed by atoms with E-state index in [1.165, 1.54) is 4.90 Å². The number of methoxy groups -OCH3 is 1. The predicted octanol–water partition coefficient (Wildman–Crippen LogP) is 3.00. The van der Waals surface area contributed by atoms with Crippen molar-refractivity contribution in [3.05, 3.63) is 83.8 Å². The zero-order chi connectivity index (χ0) is 26.5. The molecule has 194 valence electrons. The third-order valence-corrected chi connectivity index (χ3v) is 6.89. The van der Waals surface area contributed by atoms with E-state index >= 15 is 0 Å². The Morgan fingerprint density at radius 2 is 1.82 bits per heavy atom. The van der Waals surface area contributed by atoms with Crippen molar-refractivity contribution < 1.29 is 23.5 Å². The summed E-state index contributed by atoms with van der Waals surface area (Å²) in [5, 5.41) is 5.98. The number of aliphatic imine (C=N–C) groups is 2. The van der Waals surface area contributed by atoms with Gasteiger partial charge in [-0.25, -0.2) is 9.89 Å². The summed E-state index contributed by atoms with van der Waals surface area (Å²) in [7, 11) is 1.59. The Labute approximate surface area is 223 Å². The third kappa shape index (κ3) is 5.62. The number of amides is 3. The van der Waals surface area contributed by atoms with E-state index < -0.39 is 6.04 Å². The van der Waals surface area contributed by atoms with E-state index in [1.54, 1.807) is 25.5 Å². The molecule has 0 saturated heterocycles. The molecule has 1 atom stereocenters. The van der Waals surface area contributed by atoms with Crippen LogP contribution in [-0.2, 0) is 27.5 Å². The number of furan rings is 1. The van der Waals surface area contributed by atoms with Gasteiger partial charge in [0.15, 0.2) is 5.17 Å². The summed E-state index contributed by atoms with van der Waals surface area (Å²) in [6, 6.07) is 17.3. The number of hydrogen-bond donors (Lipinski definition) is 2. The molecule has 11 heteroatoms. The summed E-state index contributed by atoms with van der Waals surface area (Å²) >= 11 is 1.14. The molecular formula is C27H25N5O5S. The molecule has 38 heavy (non-hydrogen) atoms. The lowest BCUT2D eigenvalue weighted by Gasteiger charge is -2.25. The van der Waals surface area contributed by atoms with Crippen molar-refractivity contribution in [2.45, 2.75) is 25.6 Å². The number of carbonyl (C=O) groups excluding carboxylic acids is 3. The van der Waals surface area contributed by atoms with E-state index in [0.29, 0.717) is 34.6 Å². The first-order valence-corrected chi connectivity index (χ1v) is 12.9. The number of ether oxygens (including phenoxy) is 1. The lowest BCUT2D eigenvalue weighted by molar-refractivity contribution is -0.128. The highest BCUT2D eigenvalue weighted by Crippen LogP contribution is 2.34. The van der Waals surface area contributed by atoms with E-state index in [9.17, 15) is 14.4 Å². The number of para-hydroxylation sites is 1. The smallest absolute Gasteiger partial charge is 0.259 e. The highest BCUT2D eigenvalue weighted by atomic mass is 32.2. The number of carbonyl (C=O) groups is 3. The van der Waals surface area contributed by atoms with Crippen LogP contribution in [0.25, 0.3) is 0 Å². The number of nitrogens with one attached hydrogen (secondary N) is 2. The Morgan fingerprint density at radius 3 is 2.58 bits per heavy atom. The maximum Gasteiger partial charge on any atom is 0.259 e. The number of rotatable bonds is 9. The monoisotopic (exact) mass is 531 g/mol. The van der Waals surface area contributed by atoms with Crippen LogP contribution in [0.15, 0.2) is 81.3 Å². The van der Waals surface area contributed by atoms with Gasteiger partial charge in [0.2, 0.25) is 11.8 Å². The van der Waals surface area contributed by atoms with Crippen molar-refractivity contribution in [2.24, 2.45) is 9.98 Å². The van der Waals surface area contributed by atoms with Crippen molar-refractivity contribution in [1.82, 2.24) is 15.5 Å². The maximum atomic E-state index is 13.4. The van der Waals surface area contributed by atoms with Gasteiger partial charge in [-0.15, -0.1) is 0 Å². The number of nitrogens with zero attached hydrogens (tertiary/aromatic N) is 3. The molecule has 3 aromatic rings. The van der Waals surface area contributed by atoms with Crippen LogP contribution in [0.4, 0.5) is 5.69 Å². The molecule has 3 amide bonds. The van der Waals surface area contributed by atoms with Crippen LogP contribution in [0.1, 0.15) is 23.3 Å². The van der Waals surface area contributed by atoms with Gasteiger partial charge in [0.25, 0.3) is 5.91 Å². The predicted molar refractivity (Wildman–Crippen MR) is 143 cm³/mol. The van der Waals surface area contributed by atoms with Gasteiger partial charge in [-0.1, -0.05) is 36.0 Å². The molecule has 0 spiro atoms. The van der Waals surface area contributed by atoms with Crippen LogP contribution in [0, 0.1) is 0 Å².